The fourth-order valence-corrected chi connectivity index (χ4v) is 1.64. The highest BCUT2D eigenvalue weighted by atomic mass is 19.4. The Morgan fingerprint density at radius 1 is 1.24 bits per heavy atom. The maximum absolute atomic E-state index is 12.2. The summed E-state index contributed by atoms with van der Waals surface area (Å²) in [5, 5.41) is 10.7. The molecule has 1 heterocycles. The number of nitrogens with zero attached hydrogens (tertiary/aromatic N) is 2. The fraction of sp³-hybridized carbons (Fsp3) is 0.0833. The molecule has 110 valence electrons. The number of anilines is 1. The standard InChI is InChI=1S/C12H8F3N3O3/c13-12(14,15)21-9-3-1-2-7(4-9)10-5-8(18(19)20)6-11(16)17-10/h1-6H,(H2,16,17). The monoisotopic (exact) mass is 299 g/mol. The van der Waals surface area contributed by atoms with Gasteiger partial charge in [-0.15, -0.1) is 13.2 Å². The SMILES string of the molecule is Nc1cc([N+](=O)[O-])cc(-c2cccc(OC(F)(F)F)c2)n1. The molecule has 0 bridgehead atoms. The minimum atomic E-state index is -4.83. The molecule has 0 aliphatic rings. The van der Waals surface area contributed by atoms with Gasteiger partial charge >= 0.3 is 6.36 Å². The lowest BCUT2D eigenvalue weighted by atomic mass is 10.1. The molecule has 0 amide bonds. The summed E-state index contributed by atoms with van der Waals surface area (Å²) in [6.45, 7) is 0. The molecule has 1 aromatic heterocycles. The number of hydrogen-bond donors (Lipinski definition) is 1. The van der Waals surface area contributed by atoms with Crippen molar-refractivity contribution in [2.24, 2.45) is 0 Å². The summed E-state index contributed by atoms with van der Waals surface area (Å²) in [7, 11) is 0. The maximum Gasteiger partial charge on any atom is 0.573 e. The van der Waals surface area contributed by atoms with Gasteiger partial charge in [-0.2, -0.15) is 0 Å². The Kier molecular flexibility index (Phi) is 3.66. The molecule has 1 aromatic carbocycles. The third kappa shape index (κ3) is 3.81. The number of nitrogens with two attached hydrogens (primary N) is 1. The van der Waals surface area contributed by atoms with Gasteiger partial charge in [-0.05, 0) is 12.1 Å². The molecule has 0 fully saturated rings. The van der Waals surface area contributed by atoms with Crippen LogP contribution in [0.4, 0.5) is 24.7 Å². The van der Waals surface area contributed by atoms with Crippen molar-refractivity contribution >= 4 is 11.5 Å². The molecule has 6 nitrogen and oxygen atoms in total. The van der Waals surface area contributed by atoms with Crippen LogP contribution in [0.15, 0.2) is 36.4 Å². The molecule has 2 N–H and O–H groups in total. The number of pyridine rings is 1. The van der Waals surface area contributed by atoms with E-state index in [1.807, 2.05) is 0 Å². The van der Waals surface area contributed by atoms with E-state index in [1.165, 1.54) is 12.1 Å². The molecule has 0 radical (unpaired) electrons. The van der Waals surface area contributed by atoms with E-state index in [9.17, 15) is 23.3 Å². The first-order chi connectivity index (χ1) is 9.74. The summed E-state index contributed by atoms with van der Waals surface area (Å²) in [5.74, 6) is -0.562. The minimum Gasteiger partial charge on any atom is -0.406 e. The first kappa shape index (κ1) is 14.6. The highest BCUT2D eigenvalue weighted by Gasteiger charge is 2.31. The predicted molar refractivity (Wildman–Crippen MR) is 67.4 cm³/mol. The Hall–Kier alpha value is -2.84. The van der Waals surface area contributed by atoms with Gasteiger partial charge in [0.05, 0.1) is 16.7 Å². The Bertz CT molecular complexity index is 689. The third-order valence-corrected chi connectivity index (χ3v) is 2.40. The summed E-state index contributed by atoms with van der Waals surface area (Å²) >= 11 is 0. The molecular formula is C12H8F3N3O3. The number of nitro groups is 1. The molecule has 0 aliphatic carbocycles. The second kappa shape index (κ2) is 5.27. The summed E-state index contributed by atoms with van der Waals surface area (Å²) in [5.41, 5.74) is 5.43. The first-order valence-electron chi connectivity index (χ1n) is 5.53. The van der Waals surface area contributed by atoms with Crippen LogP contribution in [0.1, 0.15) is 0 Å². The van der Waals surface area contributed by atoms with Crippen molar-refractivity contribution < 1.29 is 22.8 Å². The molecule has 0 aliphatic heterocycles. The van der Waals surface area contributed by atoms with Crippen LogP contribution in [-0.4, -0.2) is 16.3 Å². The van der Waals surface area contributed by atoms with Gasteiger partial charge in [0.25, 0.3) is 5.69 Å². The van der Waals surface area contributed by atoms with E-state index in [4.69, 9.17) is 5.73 Å². The summed E-state index contributed by atoms with van der Waals surface area (Å²) in [4.78, 5) is 13.9. The molecule has 9 heteroatoms. The topological polar surface area (TPSA) is 91.3 Å². The van der Waals surface area contributed by atoms with Crippen LogP contribution in [0.2, 0.25) is 0 Å². The van der Waals surface area contributed by atoms with Gasteiger partial charge in [-0.3, -0.25) is 10.1 Å². The van der Waals surface area contributed by atoms with E-state index >= 15 is 0 Å². The van der Waals surface area contributed by atoms with Gasteiger partial charge in [-0.1, -0.05) is 12.1 Å². The Morgan fingerprint density at radius 3 is 2.57 bits per heavy atom. The van der Waals surface area contributed by atoms with Crippen LogP contribution >= 0.6 is 0 Å². The van der Waals surface area contributed by atoms with Crippen LogP contribution in [0.25, 0.3) is 11.3 Å². The van der Waals surface area contributed by atoms with E-state index < -0.39 is 17.0 Å². The molecule has 0 saturated carbocycles. The highest BCUT2D eigenvalue weighted by molar-refractivity contribution is 5.66. The van der Waals surface area contributed by atoms with E-state index in [1.54, 1.807) is 0 Å². The number of rotatable bonds is 3. The Morgan fingerprint density at radius 2 is 1.95 bits per heavy atom. The number of aromatic nitrogens is 1. The van der Waals surface area contributed by atoms with E-state index in [0.29, 0.717) is 0 Å². The molecule has 0 spiro atoms. The van der Waals surface area contributed by atoms with E-state index in [-0.39, 0.29) is 22.8 Å². The van der Waals surface area contributed by atoms with Crippen LogP contribution < -0.4 is 10.5 Å². The summed E-state index contributed by atoms with van der Waals surface area (Å²) < 4.78 is 40.3. The van der Waals surface area contributed by atoms with Crippen molar-refractivity contribution in [2.45, 2.75) is 6.36 Å². The molecular weight excluding hydrogens is 291 g/mol. The average molecular weight is 299 g/mol. The number of alkyl halides is 3. The van der Waals surface area contributed by atoms with Crippen LogP contribution in [0, 0.1) is 10.1 Å². The number of halogens is 3. The van der Waals surface area contributed by atoms with Gasteiger partial charge in [0, 0.05) is 11.6 Å². The van der Waals surface area contributed by atoms with Crippen molar-refractivity contribution in [1.82, 2.24) is 4.98 Å². The molecule has 0 saturated heterocycles. The van der Waals surface area contributed by atoms with Gasteiger partial charge in [-0.25, -0.2) is 4.98 Å². The van der Waals surface area contributed by atoms with Crippen molar-refractivity contribution in [1.29, 1.82) is 0 Å². The molecule has 0 unspecified atom stereocenters. The maximum atomic E-state index is 12.2. The molecule has 2 rings (SSSR count). The van der Waals surface area contributed by atoms with Crippen LogP contribution in [0.3, 0.4) is 0 Å². The molecule has 21 heavy (non-hydrogen) atoms. The Balaban J connectivity index is 2.42. The second-order valence-electron chi connectivity index (χ2n) is 3.97. The molecule has 2 aromatic rings. The number of hydrogen-bond acceptors (Lipinski definition) is 5. The zero-order valence-corrected chi connectivity index (χ0v) is 10.3. The third-order valence-electron chi connectivity index (χ3n) is 2.40. The largest absolute Gasteiger partial charge is 0.573 e. The summed E-state index contributed by atoms with van der Waals surface area (Å²) in [6, 6.07) is 7.10. The van der Waals surface area contributed by atoms with Crippen molar-refractivity contribution in [3.8, 4) is 17.0 Å². The lowest BCUT2D eigenvalue weighted by molar-refractivity contribution is -0.384. The van der Waals surface area contributed by atoms with Gasteiger partial charge in [0.1, 0.15) is 11.6 Å². The first-order valence-corrected chi connectivity index (χ1v) is 5.53. The zero-order chi connectivity index (χ0) is 15.6. The number of nitrogen functional groups attached to an aromatic ring is 1. The van der Waals surface area contributed by atoms with Crippen molar-refractivity contribution in [3.05, 3.63) is 46.5 Å². The van der Waals surface area contributed by atoms with Gasteiger partial charge in [0.2, 0.25) is 0 Å². The van der Waals surface area contributed by atoms with Crippen molar-refractivity contribution in [3.63, 3.8) is 0 Å². The average Bonchev–Trinajstić information content (AvgIpc) is 2.36. The Labute approximate surface area is 116 Å². The van der Waals surface area contributed by atoms with Gasteiger partial charge < -0.3 is 10.5 Å². The normalized spacial score (nSPS) is 11.2. The lowest BCUT2D eigenvalue weighted by Crippen LogP contribution is -2.17. The number of ether oxygens (including phenoxy) is 1. The fourth-order valence-electron chi connectivity index (χ4n) is 1.64. The highest BCUT2D eigenvalue weighted by Crippen LogP contribution is 2.29. The van der Waals surface area contributed by atoms with E-state index in [2.05, 4.69) is 9.72 Å². The smallest absolute Gasteiger partial charge is 0.406 e. The minimum absolute atomic E-state index is 0.0781. The second-order valence-corrected chi connectivity index (χ2v) is 3.97. The summed E-state index contributed by atoms with van der Waals surface area (Å²) in [6.07, 6.45) is -4.83. The predicted octanol–water partition coefficient (Wildman–Crippen LogP) is 3.14. The number of benzene rings is 1. The van der Waals surface area contributed by atoms with Gasteiger partial charge in [0.15, 0.2) is 0 Å². The lowest BCUT2D eigenvalue weighted by Gasteiger charge is -2.10. The van der Waals surface area contributed by atoms with Crippen LogP contribution in [0.5, 0.6) is 5.75 Å². The van der Waals surface area contributed by atoms with E-state index in [0.717, 1.165) is 24.3 Å². The zero-order valence-electron chi connectivity index (χ0n) is 10.3. The van der Waals surface area contributed by atoms with Crippen LogP contribution in [-0.2, 0) is 0 Å². The van der Waals surface area contributed by atoms with Crippen molar-refractivity contribution in [2.75, 3.05) is 5.73 Å². The molecule has 0 atom stereocenters. The quantitative estimate of drug-likeness (QED) is 0.694.